The third-order valence-electron chi connectivity index (χ3n) is 3.55. The summed E-state index contributed by atoms with van der Waals surface area (Å²) in [6, 6.07) is 0. The van der Waals surface area contributed by atoms with Gasteiger partial charge in [0.1, 0.15) is 0 Å². The monoisotopic (exact) mass is 210 g/mol. The van der Waals surface area contributed by atoms with E-state index in [4.69, 9.17) is 9.31 Å². The number of allylic oxidation sites excluding steroid dienone is 1. The molecule has 0 atom stereocenters. The molecule has 0 amide bonds. The van der Waals surface area contributed by atoms with Crippen LogP contribution in [0.1, 0.15) is 54.4 Å². The molecule has 2 nitrogen and oxygen atoms in total. The molecule has 1 heterocycles. The quantitative estimate of drug-likeness (QED) is 0.665. The molecule has 0 aromatic carbocycles. The Morgan fingerprint density at radius 2 is 1.40 bits per heavy atom. The normalized spacial score (nSPS) is 22.9. The van der Waals surface area contributed by atoms with Gasteiger partial charge < -0.3 is 9.31 Å². The first-order valence-electron chi connectivity index (χ1n) is 5.87. The highest BCUT2D eigenvalue weighted by atomic mass is 16.7. The molecule has 0 N–H and O–H groups in total. The molecule has 1 aliphatic heterocycles. The second-order valence-electron chi connectivity index (χ2n) is 5.16. The molecule has 1 rings (SSSR count). The van der Waals surface area contributed by atoms with Crippen molar-refractivity contribution >= 4 is 7.12 Å². The van der Waals surface area contributed by atoms with Gasteiger partial charge >= 0.3 is 7.12 Å². The summed E-state index contributed by atoms with van der Waals surface area (Å²) >= 11 is 0. The first-order valence-corrected chi connectivity index (χ1v) is 5.87. The van der Waals surface area contributed by atoms with Crippen LogP contribution in [0.25, 0.3) is 0 Å². The molecular formula is C12H23BO2. The summed E-state index contributed by atoms with van der Waals surface area (Å²) in [6.07, 6.45) is 2.14. The highest BCUT2D eigenvalue weighted by Gasteiger charge is 2.50. The average molecular weight is 210 g/mol. The zero-order valence-corrected chi connectivity index (χ0v) is 10.9. The van der Waals surface area contributed by atoms with Gasteiger partial charge in [-0.05, 0) is 40.5 Å². The van der Waals surface area contributed by atoms with Gasteiger partial charge in [-0.15, -0.1) is 0 Å². The standard InChI is InChI=1S/C12H23BO2/c1-7-10(8-2)9-13-14-11(3,4)12(5,6)15-13/h9H,7-8H2,1-6H3. The van der Waals surface area contributed by atoms with Gasteiger partial charge in [-0.3, -0.25) is 0 Å². The minimum atomic E-state index is -0.221. The van der Waals surface area contributed by atoms with E-state index in [1.54, 1.807) is 0 Å². The van der Waals surface area contributed by atoms with Gasteiger partial charge in [-0.2, -0.15) is 0 Å². The minimum absolute atomic E-state index is 0.176. The number of hydrogen-bond donors (Lipinski definition) is 0. The van der Waals surface area contributed by atoms with Crippen molar-refractivity contribution in [2.45, 2.75) is 65.6 Å². The lowest BCUT2D eigenvalue weighted by Crippen LogP contribution is -2.41. The van der Waals surface area contributed by atoms with Crippen molar-refractivity contribution in [3.05, 3.63) is 11.5 Å². The summed E-state index contributed by atoms with van der Waals surface area (Å²) in [5, 5.41) is 0. The van der Waals surface area contributed by atoms with E-state index < -0.39 is 0 Å². The van der Waals surface area contributed by atoms with Gasteiger partial charge in [-0.1, -0.05) is 25.4 Å². The van der Waals surface area contributed by atoms with E-state index in [0.29, 0.717) is 0 Å². The lowest BCUT2D eigenvalue weighted by Gasteiger charge is -2.32. The van der Waals surface area contributed by atoms with Gasteiger partial charge in [-0.25, -0.2) is 0 Å². The van der Waals surface area contributed by atoms with E-state index in [2.05, 4.69) is 47.5 Å². The lowest BCUT2D eigenvalue weighted by molar-refractivity contribution is 0.00578. The molecule has 1 fully saturated rings. The van der Waals surface area contributed by atoms with E-state index in [0.717, 1.165) is 12.8 Å². The second-order valence-corrected chi connectivity index (χ2v) is 5.16. The molecule has 0 unspecified atom stereocenters. The Morgan fingerprint density at radius 3 is 1.73 bits per heavy atom. The molecule has 1 aliphatic rings. The van der Waals surface area contributed by atoms with Crippen molar-refractivity contribution in [1.82, 2.24) is 0 Å². The van der Waals surface area contributed by atoms with E-state index in [-0.39, 0.29) is 18.3 Å². The molecule has 0 aliphatic carbocycles. The summed E-state index contributed by atoms with van der Waals surface area (Å²) in [5.74, 6) is 2.12. The van der Waals surface area contributed by atoms with Gasteiger partial charge in [0.05, 0.1) is 11.2 Å². The predicted molar refractivity (Wildman–Crippen MR) is 64.7 cm³/mol. The summed E-state index contributed by atoms with van der Waals surface area (Å²) in [4.78, 5) is 0. The van der Waals surface area contributed by atoms with Crippen molar-refractivity contribution in [1.29, 1.82) is 0 Å². The van der Waals surface area contributed by atoms with Crippen LogP contribution in [0.15, 0.2) is 11.5 Å². The van der Waals surface area contributed by atoms with Gasteiger partial charge in [0.2, 0.25) is 0 Å². The fourth-order valence-electron chi connectivity index (χ4n) is 1.63. The van der Waals surface area contributed by atoms with Crippen molar-refractivity contribution in [2.75, 3.05) is 0 Å². The Kier molecular flexibility index (Phi) is 3.67. The van der Waals surface area contributed by atoms with Crippen LogP contribution in [0.3, 0.4) is 0 Å². The van der Waals surface area contributed by atoms with Crippen LogP contribution in [0, 0.1) is 0 Å². The molecule has 0 aromatic rings. The Morgan fingerprint density at radius 1 is 1.00 bits per heavy atom. The molecule has 0 aromatic heterocycles. The molecule has 0 bridgehead atoms. The molecule has 3 heteroatoms. The van der Waals surface area contributed by atoms with E-state index >= 15 is 0 Å². The summed E-state index contributed by atoms with van der Waals surface area (Å²) in [6.45, 7) is 12.7. The topological polar surface area (TPSA) is 18.5 Å². The Balaban J connectivity index is 2.75. The largest absolute Gasteiger partial charge is 0.487 e. The zero-order valence-electron chi connectivity index (χ0n) is 10.9. The van der Waals surface area contributed by atoms with Crippen LogP contribution in [0.5, 0.6) is 0 Å². The maximum absolute atomic E-state index is 5.90. The number of hydrogen-bond acceptors (Lipinski definition) is 2. The van der Waals surface area contributed by atoms with Crippen LogP contribution in [0.2, 0.25) is 0 Å². The second kappa shape index (κ2) is 4.30. The minimum Gasteiger partial charge on any atom is -0.400 e. The van der Waals surface area contributed by atoms with Crippen LogP contribution in [-0.4, -0.2) is 18.3 Å². The van der Waals surface area contributed by atoms with Crippen LogP contribution >= 0.6 is 0 Å². The first kappa shape index (κ1) is 12.8. The van der Waals surface area contributed by atoms with Gasteiger partial charge in [0.25, 0.3) is 0 Å². The molecule has 15 heavy (non-hydrogen) atoms. The van der Waals surface area contributed by atoms with Crippen LogP contribution in [-0.2, 0) is 9.31 Å². The Bertz CT molecular complexity index is 234. The van der Waals surface area contributed by atoms with E-state index in [1.807, 2.05) is 0 Å². The lowest BCUT2D eigenvalue weighted by atomic mass is 9.85. The van der Waals surface area contributed by atoms with E-state index in [1.165, 1.54) is 5.57 Å². The van der Waals surface area contributed by atoms with Crippen LogP contribution in [0.4, 0.5) is 0 Å². The molecule has 1 saturated heterocycles. The van der Waals surface area contributed by atoms with E-state index in [9.17, 15) is 0 Å². The van der Waals surface area contributed by atoms with Gasteiger partial charge in [0, 0.05) is 0 Å². The maximum Gasteiger partial charge on any atom is 0.487 e. The number of rotatable bonds is 3. The maximum atomic E-state index is 5.90. The van der Waals surface area contributed by atoms with Crippen molar-refractivity contribution in [2.24, 2.45) is 0 Å². The Labute approximate surface area is 94.2 Å². The highest BCUT2D eigenvalue weighted by molar-refractivity contribution is 6.51. The fourth-order valence-corrected chi connectivity index (χ4v) is 1.63. The van der Waals surface area contributed by atoms with Gasteiger partial charge in [0.15, 0.2) is 0 Å². The predicted octanol–water partition coefficient (Wildman–Crippen LogP) is 3.36. The zero-order chi connectivity index (χ0) is 11.7. The molecule has 0 spiro atoms. The van der Waals surface area contributed by atoms with Crippen molar-refractivity contribution in [3.63, 3.8) is 0 Å². The highest BCUT2D eigenvalue weighted by Crippen LogP contribution is 2.37. The third-order valence-corrected chi connectivity index (χ3v) is 3.55. The molecule has 0 saturated carbocycles. The Hall–Kier alpha value is -0.275. The van der Waals surface area contributed by atoms with Crippen molar-refractivity contribution < 1.29 is 9.31 Å². The molecular weight excluding hydrogens is 187 g/mol. The fraction of sp³-hybridized carbons (Fsp3) is 0.833. The van der Waals surface area contributed by atoms with Crippen LogP contribution < -0.4 is 0 Å². The van der Waals surface area contributed by atoms with Crippen molar-refractivity contribution in [3.8, 4) is 0 Å². The third kappa shape index (κ3) is 2.64. The molecule has 86 valence electrons. The first-order chi connectivity index (χ1) is 6.82. The SMILES string of the molecule is CCC(=CB1OC(C)(C)C(C)(C)O1)CC. The molecule has 0 radical (unpaired) electrons. The summed E-state index contributed by atoms with van der Waals surface area (Å²) < 4.78 is 11.8. The average Bonchev–Trinajstić information content (AvgIpc) is 2.31. The summed E-state index contributed by atoms with van der Waals surface area (Å²) in [7, 11) is -0.176. The smallest absolute Gasteiger partial charge is 0.400 e. The summed E-state index contributed by atoms with van der Waals surface area (Å²) in [5.41, 5.74) is 0.954.